The van der Waals surface area contributed by atoms with Crippen LogP contribution in [0.3, 0.4) is 0 Å². The quantitative estimate of drug-likeness (QED) is 0.646. The standard InChI is InChI=1S/C13H18N2O4/c1-7(2)14-12(18)8(3)15-13(19)10-5-4-9(16)6-11(10)17/h4-8,16-17H,1-3H3,(H,14,18)(H,15,19). The van der Waals surface area contributed by atoms with E-state index in [0.717, 1.165) is 6.07 Å². The van der Waals surface area contributed by atoms with Crippen molar-refractivity contribution in [1.29, 1.82) is 0 Å². The number of carbonyl (C=O) groups excluding carboxylic acids is 2. The highest BCUT2D eigenvalue weighted by Gasteiger charge is 2.19. The highest BCUT2D eigenvalue weighted by Crippen LogP contribution is 2.22. The molecule has 6 nitrogen and oxygen atoms in total. The minimum Gasteiger partial charge on any atom is -0.508 e. The van der Waals surface area contributed by atoms with Gasteiger partial charge in [0.05, 0.1) is 5.56 Å². The minimum atomic E-state index is -0.719. The van der Waals surface area contributed by atoms with Crippen LogP contribution in [-0.2, 0) is 4.79 Å². The molecule has 0 aliphatic heterocycles. The maximum absolute atomic E-state index is 11.8. The summed E-state index contributed by atoms with van der Waals surface area (Å²) in [5.74, 6) is -1.36. The first-order chi connectivity index (χ1) is 8.81. The molecule has 1 atom stereocenters. The van der Waals surface area contributed by atoms with E-state index in [4.69, 9.17) is 5.11 Å². The van der Waals surface area contributed by atoms with Crippen molar-refractivity contribution in [3.05, 3.63) is 23.8 Å². The van der Waals surface area contributed by atoms with Crippen molar-refractivity contribution in [2.45, 2.75) is 32.9 Å². The number of nitrogens with one attached hydrogen (secondary N) is 2. The second-order valence-electron chi connectivity index (χ2n) is 4.56. The van der Waals surface area contributed by atoms with E-state index in [1.165, 1.54) is 12.1 Å². The van der Waals surface area contributed by atoms with Crippen molar-refractivity contribution in [3.63, 3.8) is 0 Å². The lowest BCUT2D eigenvalue weighted by Gasteiger charge is -2.16. The fourth-order valence-electron chi connectivity index (χ4n) is 1.46. The van der Waals surface area contributed by atoms with E-state index in [2.05, 4.69) is 10.6 Å². The molecule has 0 aromatic heterocycles. The molecule has 1 aromatic carbocycles. The topological polar surface area (TPSA) is 98.7 Å². The van der Waals surface area contributed by atoms with E-state index in [-0.39, 0.29) is 29.0 Å². The monoisotopic (exact) mass is 266 g/mol. The first-order valence-corrected chi connectivity index (χ1v) is 5.94. The molecule has 1 unspecified atom stereocenters. The van der Waals surface area contributed by atoms with Crippen LogP contribution in [0.5, 0.6) is 11.5 Å². The number of hydrogen-bond acceptors (Lipinski definition) is 4. The van der Waals surface area contributed by atoms with E-state index in [1.54, 1.807) is 6.92 Å². The van der Waals surface area contributed by atoms with E-state index >= 15 is 0 Å². The third-order valence-electron chi connectivity index (χ3n) is 2.40. The number of benzene rings is 1. The highest BCUT2D eigenvalue weighted by molar-refractivity contribution is 5.99. The molecule has 1 rings (SSSR count). The van der Waals surface area contributed by atoms with E-state index in [0.29, 0.717) is 0 Å². The van der Waals surface area contributed by atoms with Crippen molar-refractivity contribution >= 4 is 11.8 Å². The number of amides is 2. The smallest absolute Gasteiger partial charge is 0.255 e. The Morgan fingerprint density at radius 2 is 1.74 bits per heavy atom. The van der Waals surface area contributed by atoms with Gasteiger partial charge in [0.25, 0.3) is 5.91 Å². The highest BCUT2D eigenvalue weighted by atomic mass is 16.3. The Morgan fingerprint density at radius 1 is 1.11 bits per heavy atom. The van der Waals surface area contributed by atoms with Crippen molar-refractivity contribution in [2.75, 3.05) is 0 Å². The average molecular weight is 266 g/mol. The lowest BCUT2D eigenvalue weighted by atomic mass is 10.1. The van der Waals surface area contributed by atoms with Gasteiger partial charge >= 0.3 is 0 Å². The minimum absolute atomic E-state index is 0.00185. The van der Waals surface area contributed by atoms with Gasteiger partial charge < -0.3 is 20.8 Å². The molecule has 0 aliphatic carbocycles. The summed E-state index contributed by atoms with van der Waals surface area (Å²) in [6.45, 7) is 5.18. The zero-order valence-electron chi connectivity index (χ0n) is 11.1. The zero-order valence-corrected chi connectivity index (χ0v) is 11.1. The molecule has 2 amide bonds. The van der Waals surface area contributed by atoms with Crippen LogP contribution in [0.1, 0.15) is 31.1 Å². The van der Waals surface area contributed by atoms with Crippen molar-refractivity contribution < 1.29 is 19.8 Å². The summed E-state index contributed by atoms with van der Waals surface area (Å²) in [6.07, 6.45) is 0. The second kappa shape index (κ2) is 6.08. The van der Waals surface area contributed by atoms with Crippen LogP contribution in [-0.4, -0.2) is 34.1 Å². The van der Waals surface area contributed by atoms with Gasteiger partial charge in [-0.2, -0.15) is 0 Å². The Labute approximate surface area is 111 Å². The van der Waals surface area contributed by atoms with Crippen LogP contribution in [0.2, 0.25) is 0 Å². The average Bonchev–Trinajstić information content (AvgIpc) is 2.27. The molecular weight excluding hydrogens is 248 g/mol. The van der Waals surface area contributed by atoms with Crippen molar-refractivity contribution in [1.82, 2.24) is 10.6 Å². The fourth-order valence-corrected chi connectivity index (χ4v) is 1.46. The predicted octanol–water partition coefficient (Wildman–Crippen LogP) is 0.741. The first kappa shape index (κ1) is 14.8. The third-order valence-corrected chi connectivity index (χ3v) is 2.40. The normalized spacial score (nSPS) is 12.0. The number of phenols is 2. The molecule has 4 N–H and O–H groups in total. The van der Waals surface area contributed by atoms with Gasteiger partial charge in [-0.3, -0.25) is 9.59 Å². The Hall–Kier alpha value is -2.24. The molecule has 0 aliphatic rings. The molecule has 0 spiro atoms. The Kier molecular flexibility index (Phi) is 4.74. The molecule has 0 radical (unpaired) electrons. The summed E-state index contributed by atoms with van der Waals surface area (Å²) in [5, 5.41) is 23.8. The maximum atomic E-state index is 11.8. The Morgan fingerprint density at radius 3 is 2.26 bits per heavy atom. The van der Waals surface area contributed by atoms with Crippen LogP contribution in [0, 0.1) is 0 Å². The molecule has 0 fully saturated rings. The summed E-state index contributed by atoms with van der Waals surface area (Å²) >= 11 is 0. The van der Waals surface area contributed by atoms with E-state index in [1.807, 2.05) is 13.8 Å². The summed E-state index contributed by atoms with van der Waals surface area (Å²) in [7, 11) is 0. The van der Waals surface area contributed by atoms with Gasteiger partial charge in [0.1, 0.15) is 17.5 Å². The van der Waals surface area contributed by atoms with Crippen LogP contribution < -0.4 is 10.6 Å². The Bertz CT molecular complexity index is 486. The largest absolute Gasteiger partial charge is 0.508 e. The van der Waals surface area contributed by atoms with Gasteiger partial charge in [-0.1, -0.05) is 0 Å². The number of hydrogen-bond donors (Lipinski definition) is 4. The van der Waals surface area contributed by atoms with Crippen molar-refractivity contribution in [2.24, 2.45) is 0 Å². The lowest BCUT2D eigenvalue weighted by molar-refractivity contribution is -0.123. The van der Waals surface area contributed by atoms with E-state index in [9.17, 15) is 14.7 Å². The molecule has 6 heteroatoms. The van der Waals surface area contributed by atoms with Gasteiger partial charge in [-0.25, -0.2) is 0 Å². The molecule has 0 saturated carbocycles. The number of aromatic hydroxyl groups is 2. The number of phenolic OH excluding ortho intramolecular Hbond substituents is 2. The van der Waals surface area contributed by atoms with Gasteiger partial charge in [0.15, 0.2) is 0 Å². The Balaban J connectivity index is 2.71. The molecule has 104 valence electrons. The molecule has 0 bridgehead atoms. The number of carbonyl (C=O) groups is 2. The predicted molar refractivity (Wildman–Crippen MR) is 70.0 cm³/mol. The lowest BCUT2D eigenvalue weighted by Crippen LogP contribution is -2.46. The SMILES string of the molecule is CC(C)NC(=O)C(C)NC(=O)c1ccc(O)cc1O. The summed E-state index contributed by atoms with van der Waals surface area (Å²) in [5.41, 5.74) is 0.00185. The van der Waals surface area contributed by atoms with Gasteiger partial charge in [-0.05, 0) is 32.9 Å². The molecule has 19 heavy (non-hydrogen) atoms. The molecule has 0 saturated heterocycles. The van der Waals surface area contributed by atoms with Gasteiger partial charge in [0, 0.05) is 12.1 Å². The van der Waals surface area contributed by atoms with Crippen LogP contribution in [0.15, 0.2) is 18.2 Å². The summed E-state index contributed by atoms with van der Waals surface area (Å²) in [6, 6.07) is 2.89. The van der Waals surface area contributed by atoms with Gasteiger partial charge in [-0.15, -0.1) is 0 Å². The van der Waals surface area contributed by atoms with Crippen LogP contribution in [0.25, 0.3) is 0 Å². The summed E-state index contributed by atoms with van der Waals surface area (Å²) in [4.78, 5) is 23.5. The summed E-state index contributed by atoms with van der Waals surface area (Å²) < 4.78 is 0. The maximum Gasteiger partial charge on any atom is 0.255 e. The molecule has 0 heterocycles. The third kappa shape index (κ3) is 4.17. The zero-order chi connectivity index (χ0) is 14.6. The van der Waals surface area contributed by atoms with Crippen LogP contribution in [0.4, 0.5) is 0 Å². The van der Waals surface area contributed by atoms with Crippen molar-refractivity contribution in [3.8, 4) is 11.5 Å². The van der Waals surface area contributed by atoms with Crippen LogP contribution >= 0.6 is 0 Å². The van der Waals surface area contributed by atoms with E-state index < -0.39 is 11.9 Å². The second-order valence-corrected chi connectivity index (χ2v) is 4.56. The number of rotatable bonds is 4. The molecule has 1 aromatic rings. The van der Waals surface area contributed by atoms with Gasteiger partial charge in [0.2, 0.25) is 5.91 Å². The molecular formula is C13H18N2O4. The first-order valence-electron chi connectivity index (χ1n) is 5.94. The fraction of sp³-hybridized carbons (Fsp3) is 0.385.